The van der Waals surface area contributed by atoms with Gasteiger partial charge in [0.25, 0.3) is 0 Å². The molecule has 0 fully saturated rings. The Morgan fingerprint density at radius 1 is 1.38 bits per heavy atom. The molecule has 0 amide bonds. The van der Waals surface area contributed by atoms with E-state index in [0.29, 0.717) is 22.2 Å². The minimum Gasteiger partial charge on any atom is -0.467 e. The van der Waals surface area contributed by atoms with Crippen molar-refractivity contribution in [2.24, 2.45) is 0 Å². The quantitative estimate of drug-likeness (QED) is 0.825. The fourth-order valence-electron chi connectivity index (χ4n) is 2.05. The van der Waals surface area contributed by atoms with Crippen molar-refractivity contribution in [2.75, 3.05) is 7.11 Å². The number of hydrogen-bond acceptors (Lipinski definition) is 4. The van der Waals surface area contributed by atoms with E-state index < -0.39 is 11.5 Å². The van der Waals surface area contributed by atoms with Gasteiger partial charge in [0.15, 0.2) is 0 Å². The third-order valence-corrected chi connectivity index (χ3v) is 4.68. The third-order valence-electron chi connectivity index (χ3n) is 3.26. The maximum atomic E-state index is 12.3. The fourth-order valence-corrected chi connectivity index (χ4v) is 3.30. The molecule has 0 aliphatic rings. The lowest BCUT2D eigenvalue weighted by Gasteiger charge is -2.29. The second-order valence-corrected chi connectivity index (χ2v) is 6.55. The predicted molar refractivity (Wildman–Crippen MR) is 87.0 cm³/mol. The van der Waals surface area contributed by atoms with Gasteiger partial charge in [0, 0.05) is 27.0 Å². The lowest BCUT2D eigenvalue weighted by molar-refractivity contribution is -0.148. The van der Waals surface area contributed by atoms with E-state index in [1.165, 1.54) is 7.11 Å². The summed E-state index contributed by atoms with van der Waals surface area (Å²) >= 11 is 13.8. The van der Waals surface area contributed by atoms with Crippen LogP contribution in [0.3, 0.4) is 0 Å². The maximum absolute atomic E-state index is 12.3. The van der Waals surface area contributed by atoms with Crippen molar-refractivity contribution in [3.63, 3.8) is 0 Å². The number of hydrogen-bond donors (Lipinski definition) is 1. The number of esters is 1. The van der Waals surface area contributed by atoms with Crippen LogP contribution < -0.4 is 5.32 Å². The van der Waals surface area contributed by atoms with Gasteiger partial charge < -0.3 is 4.74 Å². The number of nitrogens with one attached hydrogen (secondary N) is 1. The Hall–Kier alpha value is -1.07. The topological polar surface area (TPSA) is 38.3 Å². The molecule has 0 saturated carbocycles. The minimum atomic E-state index is -1.04. The Kier molecular flexibility index (Phi) is 5.27. The van der Waals surface area contributed by atoms with Gasteiger partial charge in [-0.05, 0) is 30.5 Å². The Morgan fingerprint density at radius 3 is 2.71 bits per heavy atom. The Labute approximate surface area is 137 Å². The number of ether oxygens (including phenoxy) is 1. The first kappa shape index (κ1) is 16.3. The monoisotopic (exact) mass is 343 g/mol. The van der Waals surface area contributed by atoms with E-state index in [1.807, 2.05) is 17.5 Å². The van der Waals surface area contributed by atoms with Gasteiger partial charge in [-0.1, -0.05) is 35.3 Å². The number of thiophene rings is 1. The number of rotatable bonds is 5. The van der Waals surface area contributed by atoms with Crippen molar-refractivity contribution >= 4 is 40.5 Å². The van der Waals surface area contributed by atoms with Crippen LogP contribution in [0.4, 0.5) is 0 Å². The average Bonchev–Trinajstić information content (AvgIpc) is 2.97. The molecule has 21 heavy (non-hydrogen) atoms. The van der Waals surface area contributed by atoms with Crippen molar-refractivity contribution in [3.05, 3.63) is 56.2 Å². The number of methoxy groups -OCH3 is 1. The maximum Gasteiger partial charge on any atom is 0.330 e. The smallest absolute Gasteiger partial charge is 0.330 e. The van der Waals surface area contributed by atoms with Gasteiger partial charge in [-0.25, -0.2) is 4.79 Å². The van der Waals surface area contributed by atoms with Crippen LogP contribution in [0.2, 0.25) is 10.0 Å². The molecule has 0 aliphatic heterocycles. The molecule has 3 nitrogen and oxygen atoms in total. The highest BCUT2D eigenvalue weighted by Gasteiger charge is 2.37. The zero-order chi connectivity index (χ0) is 15.5. The van der Waals surface area contributed by atoms with Gasteiger partial charge in [0.1, 0.15) is 5.54 Å². The Morgan fingerprint density at radius 2 is 2.14 bits per heavy atom. The molecule has 112 valence electrons. The van der Waals surface area contributed by atoms with Gasteiger partial charge in [0.2, 0.25) is 0 Å². The molecule has 1 atom stereocenters. The van der Waals surface area contributed by atoms with Crippen molar-refractivity contribution in [2.45, 2.75) is 19.0 Å². The van der Waals surface area contributed by atoms with Gasteiger partial charge >= 0.3 is 5.97 Å². The number of benzene rings is 1. The summed E-state index contributed by atoms with van der Waals surface area (Å²) in [6.45, 7) is 2.30. The highest BCUT2D eigenvalue weighted by molar-refractivity contribution is 7.09. The van der Waals surface area contributed by atoms with E-state index >= 15 is 0 Å². The predicted octanol–water partition coefficient (Wildman–Crippen LogP) is 4.23. The third kappa shape index (κ3) is 3.58. The van der Waals surface area contributed by atoms with Crippen molar-refractivity contribution < 1.29 is 9.53 Å². The summed E-state index contributed by atoms with van der Waals surface area (Å²) in [6, 6.07) is 9.03. The first-order valence-electron chi connectivity index (χ1n) is 6.28. The SMILES string of the molecule is COC(=O)C(C)(NCc1cccs1)c1ccc(Cl)cc1Cl. The number of halogens is 2. The molecular weight excluding hydrogens is 329 g/mol. The summed E-state index contributed by atoms with van der Waals surface area (Å²) in [5, 5.41) is 6.17. The van der Waals surface area contributed by atoms with Gasteiger partial charge in [0.05, 0.1) is 7.11 Å². The van der Waals surface area contributed by atoms with Gasteiger partial charge in [-0.2, -0.15) is 0 Å². The van der Waals surface area contributed by atoms with E-state index in [0.717, 1.165) is 4.88 Å². The first-order chi connectivity index (χ1) is 9.97. The molecule has 0 spiro atoms. The second-order valence-electron chi connectivity index (χ2n) is 4.67. The van der Waals surface area contributed by atoms with E-state index in [1.54, 1.807) is 36.5 Å². The van der Waals surface area contributed by atoms with Crippen molar-refractivity contribution in [1.82, 2.24) is 5.32 Å². The molecule has 2 rings (SSSR count). The van der Waals surface area contributed by atoms with E-state index in [2.05, 4.69) is 5.32 Å². The van der Waals surface area contributed by atoms with E-state index in [-0.39, 0.29) is 0 Å². The zero-order valence-electron chi connectivity index (χ0n) is 11.7. The molecule has 1 heterocycles. The number of carbonyl (C=O) groups is 1. The zero-order valence-corrected chi connectivity index (χ0v) is 14.0. The van der Waals surface area contributed by atoms with Crippen LogP contribution in [0.1, 0.15) is 17.4 Å². The standard InChI is InChI=1S/C15H15Cl2NO2S/c1-15(14(19)20-2,18-9-11-4-3-7-21-11)12-6-5-10(16)8-13(12)17/h3-8,18H,9H2,1-2H3. The van der Waals surface area contributed by atoms with Crippen LogP contribution >= 0.6 is 34.5 Å². The lowest BCUT2D eigenvalue weighted by atomic mass is 9.91. The highest BCUT2D eigenvalue weighted by Crippen LogP contribution is 2.32. The summed E-state index contributed by atoms with van der Waals surface area (Å²) in [4.78, 5) is 13.4. The van der Waals surface area contributed by atoms with Crippen LogP contribution in [-0.2, 0) is 21.6 Å². The highest BCUT2D eigenvalue weighted by atomic mass is 35.5. The molecule has 0 saturated heterocycles. The molecule has 1 aromatic heterocycles. The van der Waals surface area contributed by atoms with Crippen LogP contribution in [0.5, 0.6) is 0 Å². The molecule has 0 radical (unpaired) electrons. The van der Waals surface area contributed by atoms with Crippen molar-refractivity contribution in [3.8, 4) is 0 Å². The largest absolute Gasteiger partial charge is 0.467 e. The average molecular weight is 344 g/mol. The number of carbonyl (C=O) groups excluding carboxylic acids is 1. The lowest BCUT2D eigenvalue weighted by Crippen LogP contribution is -2.47. The van der Waals surface area contributed by atoms with Crippen LogP contribution in [0, 0.1) is 0 Å². The second kappa shape index (κ2) is 6.79. The molecule has 1 unspecified atom stereocenters. The summed E-state index contributed by atoms with van der Waals surface area (Å²) in [7, 11) is 1.36. The summed E-state index contributed by atoms with van der Waals surface area (Å²) in [5.74, 6) is -0.400. The van der Waals surface area contributed by atoms with Crippen molar-refractivity contribution in [1.29, 1.82) is 0 Å². The summed E-state index contributed by atoms with van der Waals surface area (Å²) < 4.78 is 4.94. The van der Waals surface area contributed by atoms with Crippen LogP contribution in [0.15, 0.2) is 35.7 Å². The molecule has 1 N–H and O–H groups in total. The molecule has 0 aliphatic carbocycles. The molecule has 6 heteroatoms. The first-order valence-corrected chi connectivity index (χ1v) is 7.92. The Bertz CT molecular complexity index is 631. The van der Waals surface area contributed by atoms with Crippen LogP contribution in [0.25, 0.3) is 0 Å². The van der Waals surface area contributed by atoms with Gasteiger partial charge in [-0.15, -0.1) is 11.3 Å². The van der Waals surface area contributed by atoms with E-state index in [4.69, 9.17) is 27.9 Å². The minimum absolute atomic E-state index is 0.400. The summed E-state index contributed by atoms with van der Waals surface area (Å²) in [5.41, 5.74) is -0.405. The molecule has 1 aromatic carbocycles. The molecule has 2 aromatic rings. The fraction of sp³-hybridized carbons (Fsp3) is 0.267. The van der Waals surface area contributed by atoms with Gasteiger partial charge in [-0.3, -0.25) is 5.32 Å². The van der Waals surface area contributed by atoms with Crippen LogP contribution in [-0.4, -0.2) is 13.1 Å². The molecule has 0 bridgehead atoms. The molecular formula is C15H15Cl2NO2S. The normalized spacial score (nSPS) is 13.7. The van der Waals surface area contributed by atoms with E-state index in [9.17, 15) is 4.79 Å². The summed E-state index contributed by atoms with van der Waals surface area (Å²) in [6.07, 6.45) is 0. The Balaban J connectivity index is 2.34.